The maximum absolute atomic E-state index is 12.1. The molecule has 0 atom stereocenters. The fourth-order valence-corrected chi connectivity index (χ4v) is 7.78. The summed E-state index contributed by atoms with van der Waals surface area (Å²) in [6.07, 6.45) is 3.10. The third-order valence-corrected chi connectivity index (χ3v) is 9.34. The fraction of sp³-hybridized carbons (Fsp3) is 0.188. The predicted molar refractivity (Wildman–Crippen MR) is 143 cm³/mol. The first-order valence-electron chi connectivity index (χ1n) is 12.7. The molecule has 0 aromatic heterocycles. The highest BCUT2D eigenvalue weighted by Gasteiger charge is 2.54. The van der Waals surface area contributed by atoms with E-state index in [9.17, 15) is 13.0 Å². The van der Waals surface area contributed by atoms with Crippen LogP contribution in [0.3, 0.4) is 0 Å². The van der Waals surface area contributed by atoms with Crippen LogP contribution >= 0.6 is 0 Å². The number of benzene rings is 4. The van der Waals surface area contributed by atoms with Crippen LogP contribution in [0.15, 0.2) is 102 Å². The van der Waals surface area contributed by atoms with Crippen LogP contribution in [-0.2, 0) is 28.4 Å². The van der Waals surface area contributed by atoms with Crippen LogP contribution in [-0.4, -0.2) is 13.0 Å². The van der Waals surface area contributed by atoms with Gasteiger partial charge in [0.05, 0.1) is 4.90 Å². The SMILES string of the molecule is C=C(Oc1ccc(S(=O)(=O)O)c2c1CCCC2)C12c3ccccc3C(c3ccccc31)c1ccccc12. The number of hydrogen-bond donors (Lipinski definition) is 1. The molecule has 184 valence electrons. The van der Waals surface area contributed by atoms with Crippen molar-refractivity contribution in [3.8, 4) is 5.75 Å². The summed E-state index contributed by atoms with van der Waals surface area (Å²) in [5.74, 6) is 1.35. The van der Waals surface area contributed by atoms with Gasteiger partial charge in [0.1, 0.15) is 16.9 Å². The molecule has 2 bridgehead atoms. The molecule has 0 saturated carbocycles. The molecule has 37 heavy (non-hydrogen) atoms. The topological polar surface area (TPSA) is 63.6 Å². The molecule has 5 heteroatoms. The minimum absolute atomic E-state index is 0.0162. The van der Waals surface area contributed by atoms with E-state index in [1.807, 2.05) is 0 Å². The third-order valence-electron chi connectivity index (χ3n) is 8.41. The molecule has 0 amide bonds. The zero-order chi connectivity index (χ0) is 25.4. The van der Waals surface area contributed by atoms with Crippen molar-refractivity contribution < 1.29 is 17.7 Å². The zero-order valence-corrected chi connectivity index (χ0v) is 21.1. The minimum Gasteiger partial charge on any atom is -0.460 e. The minimum atomic E-state index is -4.32. The smallest absolute Gasteiger partial charge is 0.294 e. The monoisotopic (exact) mass is 506 g/mol. The standard InChI is InChI=1S/C32H26O4S/c1-20(36-29-18-19-30(37(33,34)35)22-11-3-2-10-21(22)29)32-26-15-7-4-12-23(26)31(24-13-5-8-16-27(24)32)25-14-6-9-17-28(25)32/h4-9,12-19,31H,1-3,10-11H2,(H,33,34,35). The van der Waals surface area contributed by atoms with Crippen molar-refractivity contribution in [2.75, 3.05) is 0 Å². The molecular formula is C32H26O4S. The number of fused-ring (bicyclic) bond motifs is 1. The van der Waals surface area contributed by atoms with E-state index in [1.165, 1.54) is 39.4 Å². The highest BCUT2D eigenvalue weighted by atomic mass is 32.2. The van der Waals surface area contributed by atoms with Crippen molar-refractivity contribution in [1.29, 1.82) is 0 Å². The van der Waals surface area contributed by atoms with Crippen molar-refractivity contribution in [1.82, 2.24) is 0 Å². The van der Waals surface area contributed by atoms with Crippen molar-refractivity contribution in [3.05, 3.63) is 142 Å². The van der Waals surface area contributed by atoms with E-state index >= 15 is 0 Å². The van der Waals surface area contributed by atoms with Gasteiger partial charge in [0, 0.05) is 5.92 Å². The summed E-state index contributed by atoms with van der Waals surface area (Å²) in [5, 5.41) is 0. The Bertz CT molecular complexity index is 1600. The van der Waals surface area contributed by atoms with Gasteiger partial charge in [0.2, 0.25) is 0 Å². The molecule has 4 aliphatic rings. The van der Waals surface area contributed by atoms with E-state index in [0.29, 0.717) is 29.9 Å². The van der Waals surface area contributed by atoms with E-state index in [-0.39, 0.29) is 10.8 Å². The van der Waals surface area contributed by atoms with Gasteiger partial charge in [-0.3, -0.25) is 4.55 Å². The van der Waals surface area contributed by atoms with Crippen LogP contribution in [0, 0.1) is 0 Å². The highest BCUT2D eigenvalue weighted by Crippen LogP contribution is 2.61. The van der Waals surface area contributed by atoms with Crippen LogP contribution < -0.4 is 4.74 Å². The van der Waals surface area contributed by atoms with Crippen LogP contribution in [0.25, 0.3) is 0 Å². The Balaban J connectivity index is 1.46. The molecule has 4 aromatic carbocycles. The van der Waals surface area contributed by atoms with Crippen LogP contribution in [0.2, 0.25) is 0 Å². The molecule has 1 N–H and O–H groups in total. The number of rotatable bonds is 4. The molecule has 0 fully saturated rings. The molecule has 0 aliphatic heterocycles. The van der Waals surface area contributed by atoms with Crippen molar-refractivity contribution in [2.24, 2.45) is 0 Å². The van der Waals surface area contributed by atoms with E-state index in [4.69, 9.17) is 4.74 Å². The largest absolute Gasteiger partial charge is 0.460 e. The number of allylic oxidation sites excluding steroid dienone is 1. The Kier molecular flexibility index (Phi) is 4.82. The predicted octanol–water partition coefficient (Wildman–Crippen LogP) is 6.55. The Morgan fingerprint density at radius 3 is 1.76 bits per heavy atom. The molecule has 4 aromatic rings. The van der Waals surface area contributed by atoms with E-state index in [2.05, 4.69) is 79.4 Å². The summed E-state index contributed by atoms with van der Waals surface area (Å²) in [6, 6.07) is 28.8. The average molecular weight is 507 g/mol. The summed E-state index contributed by atoms with van der Waals surface area (Å²) in [7, 11) is -4.32. The maximum Gasteiger partial charge on any atom is 0.294 e. The lowest BCUT2D eigenvalue weighted by molar-refractivity contribution is 0.349. The summed E-state index contributed by atoms with van der Waals surface area (Å²) in [4.78, 5) is -0.0162. The van der Waals surface area contributed by atoms with Gasteiger partial charge in [-0.25, -0.2) is 0 Å². The van der Waals surface area contributed by atoms with Gasteiger partial charge in [0.25, 0.3) is 10.1 Å². The van der Waals surface area contributed by atoms with Gasteiger partial charge in [-0.15, -0.1) is 0 Å². The first-order chi connectivity index (χ1) is 17.9. The lowest BCUT2D eigenvalue weighted by atomic mass is 9.52. The molecule has 4 nitrogen and oxygen atoms in total. The molecule has 8 rings (SSSR count). The van der Waals surface area contributed by atoms with Crippen molar-refractivity contribution in [3.63, 3.8) is 0 Å². The third kappa shape index (κ3) is 3.01. The Labute approximate surface area is 217 Å². The van der Waals surface area contributed by atoms with E-state index < -0.39 is 15.5 Å². The summed E-state index contributed by atoms with van der Waals surface area (Å²) >= 11 is 0. The van der Waals surface area contributed by atoms with Gasteiger partial charge in [0.15, 0.2) is 0 Å². The number of ether oxygens (including phenoxy) is 1. The van der Waals surface area contributed by atoms with Crippen LogP contribution in [0.1, 0.15) is 63.3 Å². The van der Waals surface area contributed by atoms with Crippen LogP contribution in [0.5, 0.6) is 5.75 Å². The lowest BCUT2D eigenvalue weighted by Crippen LogP contribution is -2.44. The Morgan fingerprint density at radius 1 is 0.757 bits per heavy atom. The van der Waals surface area contributed by atoms with Gasteiger partial charge in [-0.1, -0.05) is 79.4 Å². The van der Waals surface area contributed by atoms with E-state index in [0.717, 1.165) is 18.4 Å². The molecule has 0 spiro atoms. The lowest BCUT2D eigenvalue weighted by Gasteiger charge is -2.50. The fourth-order valence-electron chi connectivity index (χ4n) is 7.01. The second kappa shape index (κ2) is 7.91. The zero-order valence-electron chi connectivity index (χ0n) is 20.3. The second-order valence-electron chi connectivity index (χ2n) is 10.2. The molecule has 0 radical (unpaired) electrons. The van der Waals surface area contributed by atoms with Crippen molar-refractivity contribution in [2.45, 2.75) is 41.9 Å². The average Bonchev–Trinajstić information content (AvgIpc) is 2.92. The highest BCUT2D eigenvalue weighted by molar-refractivity contribution is 7.85. The van der Waals surface area contributed by atoms with Gasteiger partial charge in [-0.2, -0.15) is 8.42 Å². The van der Waals surface area contributed by atoms with Gasteiger partial charge < -0.3 is 4.74 Å². The Hall–Kier alpha value is -3.67. The summed E-state index contributed by atoms with van der Waals surface area (Å²) in [5.41, 5.74) is 8.09. The van der Waals surface area contributed by atoms with Crippen molar-refractivity contribution >= 4 is 10.1 Å². The molecular weight excluding hydrogens is 480 g/mol. The van der Waals surface area contributed by atoms with E-state index in [1.54, 1.807) is 6.07 Å². The summed E-state index contributed by atoms with van der Waals surface area (Å²) in [6.45, 7) is 4.57. The molecule has 4 aliphatic carbocycles. The van der Waals surface area contributed by atoms with Gasteiger partial charge in [-0.05, 0) is 82.3 Å². The number of hydrogen-bond acceptors (Lipinski definition) is 3. The molecule has 0 heterocycles. The first-order valence-corrected chi connectivity index (χ1v) is 14.1. The second-order valence-corrected chi connectivity index (χ2v) is 11.6. The molecule has 0 saturated heterocycles. The molecule has 0 unspecified atom stereocenters. The normalized spacial score (nSPS) is 20.8. The first kappa shape index (κ1) is 22.5. The maximum atomic E-state index is 12.1. The Morgan fingerprint density at radius 2 is 1.24 bits per heavy atom. The quantitative estimate of drug-likeness (QED) is 0.252. The van der Waals surface area contributed by atoms with Crippen LogP contribution in [0.4, 0.5) is 0 Å². The summed E-state index contributed by atoms with van der Waals surface area (Å²) < 4.78 is 40.8. The van der Waals surface area contributed by atoms with Gasteiger partial charge >= 0.3 is 0 Å².